The van der Waals surface area contributed by atoms with Crippen molar-refractivity contribution in [3.8, 4) is 11.3 Å². The quantitative estimate of drug-likeness (QED) is 0.575. The number of aliphatic hydroxyl groups excluding tert-OH is 1. The first-order valence-electron chi connectivity index (χ1n) is 8.42. The van der Waals surface area contributed by atoms with Gasteiger partial charge in [0.05, 0.1) is 12.1 Å². The normalized spacial score (nSPS) is 11.4. The standard InChI is InChI=1S/C19H18FN5O2/c1-10-11(2)22-19(21)17-18(10)25(16(9-26)23-17)8-14-7-15(24-27-14)12-3-5-13(20)6-4-12/h3-7,26H,8-9H2,1-2H3,(H2,21,22). The number of aromatic nitrogens is 4. The van der Waals surface area contributed by atoms with Crippen LogP contribution >= 0.6 is 0 Å². The van der Waals surface area contributed by atoms with Crippen molar-refractivity contribution in [2.75, 3.05) is 5.73 Å². The van der Waals surface area contributed by atoms with Crippen LogP contribution in [0.4, 0.5) is 10.2 Å². The number of halogens is 1. The van der Waals surface area contributed by atoms with Gasteiger partial charge in [-0.1, -0.05) is 5.16 Å². The lowest BCUT2D eigenvalue weighted by atomic mass is 10.1. The second-order valence-corrected chi connectivity index (χ2v) is 6.36. The fourth-order valence-electron chi connectivity index (χ4n) is 3.14. The molecule has 0 radical (unpaired) electrons. The van der Waals surface area contributed by atoms with Crippen molar-refractivity contribution in [2.24, 2.45) is 0 Å². The molecule has 0 amide bonds. The summed E-state index contributed by atoms with van der Waals surface area (Å²) in [6.45, 7) is 3.89. The maximum Gasteiger partial charge on any atom is 0.157 e. The first kappa shape index (κ1) is 17.2. The van der Waals surface area contributed by atoms with Crippen molar-refractivity contribution in [1.29, 1.82) is 0 Å². The van der Waals surface area contributed by atoms with Crippen LogP contribution in [0.2, 0.25) is 0 Å². The van der Waals surface area contributed by atoms with E-state index in [0.717, 1.165) is 22.3 Å². The molecule has 27 heavy (non-hydrogen) atoms. The number of hydrogen-bond acceptors (Lipinski definition) is 6. The second kappa shape index (κ2) is 6.48. The molecule has 3 aromatic heterocycles. The lowest BCUT2D eigenvalue weighted by molar-refractivity contribution is 0.265. The van der Waals surface area contributed by atoms with E-state index >= 15 is 0 Å². The molecule has 0 saturated carbocycles. The summed E-state index contributed by atoms with van der Waals surface area (Å²) < 4.78 is 20.4. The van der Waals surface area contributed by atoms with Gasteiger partial charge in [0.15, 0.2) is 11.6 Å². The number of aryl methyl sites for hydroxylation is 2. The SMILES string of the molecule is Cc1nc(N)c2nc(CO)n(Cc3cc(-c4ccc(F)cc4)no3)c2c1C. The van der Waals surface area contributed by atoms with E-state index in [2.05, 4.69) is 15.1 Å². The van der Waals surface area contributed by atoms with Crippen LogP contribution in [0.15, 0.2) is 34.9 Å². The molecule has 0 aliphatic rings. The van der Waals surface area contributed by atoms with Crippen LogP contribution < -0.4 is 5.73 Å². The van der Waals surface area contributed by atoms with Gasteiger partial charge in [-0.2, -0.15) is 0 Å². The number of rotatable bonds is 4. The summed E-state index contributed by atoms with van der Waals surface area (Å²) in [5.41, 5.74) is 10.5. The van der Waals surface area contributed by atoms with Gasteiger partial charge in [0.25, 0.3) is 0 Å². The molecule has 0 unspecified atom stereocenters. The van der Waals surface area contributed by atoms with Crippen molar-refractivity contribution in [2.45, 2.75) is 27.0 Å². The van der Waals surface area contributed by atoms with Crippen molar-refractivity contribution >= 4 is 16.9 Å². The van der Waals surface area contributed by atoms with Gasteiger partial charge in [-0.25, -0.2) is 14.4 Å². The van der Waals surface area contributed by atoms with E-state index in [9.17, 15) is 9.50 Å². The molecule has 8 heteroatoms. The van der Waals surface area contributed by atoms with Crippen LogP contribution in [0.1, 0.15) is 22.8 Å². The van der Waals surface area contributed by atoms with Gasteiger partial charge in [-0.3, -0.25) is 0 Å². The molecule has 1 aromatic carbocycles. The molecular weight excluding hydrogens is 349 g/mol. The minimum atomic E-state index is -0.308. The van der Waals surface area contributed by atoms with Crippen molar-refractivity contribution in [3.63, 3.8) is 0 Å². The zero-order chi connectivity index (χ0) is 19.1. The maximum absolute atomic E-state index is 13.1. The Hall–Kier alpha value is -3.26. The third-order valence-electron chi connectivity index (χ3n) is 4.63. The average Bonchev–Trinajstić information content (AvgIpc) is 3.26. The number of anilines is 1. The summed E-state index contributed by atoms with van der Waals surface area (Å²) >= 11 is 0. The zero-order valence-corrected chi connectivity index (χ0v) is 14.9. The molecular formula is C19H18FN5O2. The smallest absolute Gasteiger partial charge is 0.157 e. The summed E-state index contributed by atoms with van der Waals surface area (Å²) in [4.78, 5) is 8.73. The largest absolute Gasteiger partial charge is 0.388 e. The molecule has 0 spiro atoms. The van der Waals surface area contributed by atoms with Crippen LogP contribution in [0.25, 0.3) is 22.3 Å². The molecule has 0 aliphatic carbocycles. The highest BCUT2D eigenvalue weighted by Gasteiger charge is 2.19. The monoisotopic (exact) mass is 367 g/mol. The molecule has 0 fully saturated rings. The lowest BCUT2D eigenvalue weighted by Gasteiger charge is -2.09. The highest BCUT2D eigenvalue weighted by molar-refractivity contribution is 5.88. The summed E-state index contributed by atoms with van der Waals surface area (Å²) in [5, 5.41) is 13.8. The predicted molar refractivity (Wildman–Crippen MR) is 98.3 cm³/mol. The first-order valence-corrected chi connectivity index (χ1v) is 8.42. The maximum atomic E-state index is 13.1. The number of aliphatic hydroxyl groups is 1. The van der Waals surface area contributed by atoms with Gasteiger partial charge in [0, 0.05) is 17.3 Å². The number of hydrogen-bond donors (Lipinski definition) is 2. The molecule has 138 valence electrons. The zero-order valence-electron chi connectivity index (χ0n) is 14.9. The average molecular weight is 367 g/mol. The number of imidazole rings is 1. The highest BCUT2D eigenvalue weighted by atomic mass is 19.1. The molecule has 3 N–H and O–H groups in total. The molecule has 3 heterocycles. The van der Waals surface area contributed by atoms with E-state index in [1.165, 1.54) is 12.1 Å². The third kappa shape index (κ3) is 2.93. The summed E-state index contributed by atoms with van der Waals surface area (Å²) in [7, 11) is 0. The van der Waals surface area contributed by atoms with Gasteiger partial charge in [0.1, 0.15) is 29.5 Å². The van der Waals surface area contributed by atoms with Crippen LogP contribution in [0, 0.1) is 19.7 Å². The Labute approximate surface area is 154 Å². The molecule has 7 nitrogen and oxygen atoms in total. The Morgan fingerprint density at radius 2 is 1.93 bits per heavy atom. The molecule has 4 rings (SSSR count). The molecule has 0 aliphatic heterocycles. The van der Waals surface area contributed by atoms with Crippen LogP contribution in [0.5, 0.6) is 0 Å². The highest BCUT2D eigenvalue weighted by Crippen LogP contribution is 2.28. The fraction of sp³-hybridized carbons (Fsp3) is 0.211. The first-order chi connectivity index (χ1) is 13.0. The number of pyridine rings is 1. The minimum Gasteiger partial charge on any atom is -0.388 e. The van der Waals surface area contributed by atoms with E-state index in [1.807, 2.05) is 18.4 Å². The van der Waals surface area contributed by atoms with Crippen molar-refractivity contribution in [1.82, 2.24) is 19.7 Å². The number of fused-ring (bicyclic) bond motifs is 1. The minimum absolute atomic E-state index is 0.244. The number of nitrogen functional groups attached to an aromatic ring is 1. The lowest BCUT2D eigenvalue weighted by Crippen LogP contribution is -2.06. The topological polar surface area (TPSA) is 103 Å². The van der Waals surface area contributed by atoms with Gasteiger partial charge >= 0.3 is 0 Å². The molecule has 4 aromatic rings. The second-order valence-electron chi connectivity index (χ2n) is 6.36. The van der Waals surface area contributed by atoms with Crippen molar-refractivity contribution < 1.29 is 14.0 Å². The Bertz CT molecular complexity index is 1130. The Balaban J connectivity index is 1.77. The Morgan fingerprint density at radius 3 is 2.63 bits per heavy atom. The van der Waals surface area contributed by atoms with Crippen LogP contribution in [-0.4, -0.2) is 24.8 Å². The van der Waals surface area contributed by atoms with E-state index < -0.39 is 0 Å². The predicted octanol–water partition coefficient (Wildman–Crippen LogP) is 2.97. The third-order valence-corrected chi connectivity index (χ3v) is 4.63. The van der Waals surface area contributed by atoms with E-state index in [1.54, 1.807) is 18.2 Å². The van der Waals surface area contributed by atoms with E-state index in [0.29, 0.717) is 35.2 Å². The van der Waals surface area contributed by atoms with Gasteiger partial charge in [-0.15, -0.1) is 0 Å². The number of nitrogens with two attached hydrogens (primary N) is 1. The van der Waals surface area contributed by atoms with E-state index in [-0.39, 0.29) is 12.4 Å². The summed E-state index contributed by atoms with van der Waals surface area (Å²) in [6, 6.07) is 7.82. The van der Waals surface area contributed by atoms with Gasteiger partial charge in [0.2, 0.25) is 0 Å². The molecule has 0 saturated heterocycles. The van der Waals surface area contributed by atoms with E-state index in [4.69, 9.17) is 10.3 Å². The Kier molecular flexibility index (Phi) is 4.12. The number of nitrogens with zero attached hydrogens (tertiary/aromatic N) is 4. The summed E-state index contributed by atoms with van der Waals surface area (Å²) in [5.74, 6) is 1.06. The fourth-order valence-corrected chi connectivity index (χ4v) is 3.14. The summed E-state index contributed by atoms with van der Waals surface area (Å²) in [6.07, 6.45) is 0. The van der Waals surface area contributed by atoms with Crippen LogP contribution in [-0.2, 0) is 13.2 Å². The molecule has 0 bridgehead atoms. The van der Waals surface area contributed by atoms with Gasteiger partial charge < -0.3 is 19.9 Å². The Morgan fingerprint density at radius 1 is 1.19 bits per heavy atom. The van der Waals surface area contributed by atoms with Crippen molar-refractivity contribution in [3.05, 3.63) is 59.0 Å². The van der Waals surface area contributed by atoms with Gasteiger partial charge in [-0.05, 0) is 43.7 Å². The molecule has 0 atom stereocenters. The number of benzene rings is 1. The van der Waals surface area contributed by atoms with Crippen LogP contribution in [0.3, 0.4) is 0 Å².